The lowest BCUT2D eigenvalue weighted by molar-refractivity contribution is -0.138. The highest BCUT2D eigenvalue weighted by molar-refractivity contribution is 5.96. The molecular weight excluding hydrogens is 1120 g/mol. The van der Waals surface area contributed by atoms with Crippen LogP contribution in [0, 0.1) is 17.8 Å². The van der Waals surface area contributed by atoms with E-state index in [-0.39, 0.29) is 73.4 Å². The van der Waals surface area contributed by atoms with Gasteiger partial charge in [0.15, 0.2) is 6.17 Å². The lowest BCUT2D eigenvalue weighted by Crippen LogP contribution is -2.50. The molecule has 12 rings (SSSR count). The molecule has 0 unspecified atom stereocenters. The quantitative estimate of drug-likeness (QED) is 0.0371. The number of aromatic nitrogens is 1. The molecule has 0 bridgehead atoms. The molecule has 3 aliphatic heterocycles. The number of amides is 4. The number of likely N-dealkylation sites (tertiary alicyclic amines) is 1. The molecule has 6 aliphatic rings. The fourth-order valence-electron chi connectivity index (χ4n) is 11.5. The first-order chi connectivity index (χ1) is 42.8. The van der Waals surface area contributed by atoms with Gasteiger partial charge in [-0.25, -0.2) is 4.39 Å². The number of ether oxygens (including phenoxy) is 3. The topological polar surface area (TPSA) is 290 Å². The molecule has 0 spiro atoms. The van der Waals surface area contributed by atoms with Crippen LogP contribution in [0.3, 0.4) is 0 Å². The molecule has 19 nitrogen and oxygen atoms in total. The van der Waals surface area contributed by atoms with Crippen LogP contribution >= 0.6 is 0 Å². The number of rotatable bonds is 19. The van der Waals surface area contributed by atoms with E-state index >= 15 is 0 Å². The summed E-state index contributed by atoms with van der Waals surface area (Å²) in [5.74, 6) is 1.15. The Hall–Kier alpha value is -7.82. The van der Waals surface area contributed by atoms with Crippen molar-refractivity contribution in [3.63, 3.8) is 0 Å². The maximum atomic E-state index is 14.6. The van der Waals surface area contributed by atoms with Crippen LogP contribution in [0.2, 0.25) is 0 Å². The second-order valence-electron chi connectivity index (χ2n) is 23.6. The van der Waals surface area contributed by atoms with Crippen LogP contribution in [0.15, 0.2) is 121 Å². The zero-order valence-electron chi connectivity index (χ0n) is 49.7. The first-order valence-corrected chi connectivity index (χ1v) is 30.9. The van der Waals surface area contributed by atoms with Crippen molar-refractivity contribution in [2.45, 2.75) is 121 Å². The largest absolute Gasteiger partial charge is 0.490 e. The minimum absolute atomic E-state index is 0.0926. The molecule has 6 aromatic rings. The predicted octanol–water partition coefficient (Wildman–Crippen LogP) is 8.07. The first kappa shape index (κ1) is 63.2. The third-order valence-electron chi connectivity index (χ3n) is 17.1. The van der Waals surface area contributed by atoms with Gasteiger partial charge in [-0.15, -0.1) is 0 Å². The number of halogens is 1. The lowest BCUT2D eigenvalue weighted by Gasteiger charge is -2.34. The van der Waals surface area contributed by atoms with Crippen LogP contribution in [0.4, 0.5) is 27.1 Å². The van der Waals surface area contributed by atoms with Crippen molar-refractivity contribution in [1.82, 2.24) is 9.88 Å². The maximum Gasteiger partial charge on any atom is 0.248 e. The first-order valence-electron chi connectivity index (χ1n) is 30.9. The number of carbonyl (C=O) groups excluding carboxylic acids is 4. The van der Waals surface area contributed by atoms with Gasteiger partial charge in [0.1, 0.15) is 30.3 Å². The zero-order chi connectivity index (χ0) is 61.7. The number of aliphatic hydroxyl groups excluding tert-OH is 3. The summed E-state index contributed by atoms with van der Waals surface area (Å²) in [6, 6.07) is 37.1. The van der Waals surface area contributed by atoms with Gasteiger partial charge in [-0.3, -0.25) is 24.2 Å². The van der Waals surface area contributed by atoms with E-state index in [9.17, 15) is 33.8 Å². The number of hydrogen-bond acceptors (Lipinski definition) is 15. The minimum atomic E-state index is -1.37. The van der Waals surface area contributed by atoms with Crippen LogP contribution in [0.1, 0.15) is 87.3 Å². The summed E-state index contributed by atoms with van der Waals surface area (Å²) in [4.78, 5) is 56.0. The van der Waals surface area contributed by atoms with Crippen LogP contribution in [0.25, 0.3) is 33.5 Å². The van der Waals surface area contributed by atoms with Gasteiger partial charge in [-0.05, 0) is 158 Å². The molecule has 20 heteroatoms. The van der Waals surface area contributed by atoms with Crippen molar-refractivity contribution in [1.29, 1.82) is 0 Å². The third-order valence-corrected chi connectivity index (χ3v) is 17.1. The summed E-state index contributed by atoms with van der Waals surface area (Å²) in [5, 5.41) is 36.9. The Morgan fingerprint density at radius 2 is 1.15 bits per heavy atom. The number of nitrogens with zero attached hydrogens (tertiary/aromatic N) is 3. The second kappa shape index (κ2) is 29.9. The summed E-state index contributed by atoms with van der Waals surface area (Å²) in [6.45, 7) is 3.23. The number of anilines is 4. The molecular formula is C68H82FN9O10. The van der Waals surface area contributed by atoms with Crippen molar-refractivity contribution in [2.24, 2.45) is 35.0 Å². The van der Waals surface area contributed by atoms with Gasteiger partial charge >= 0.3 is 0 Å². The molecule has 4 heterocycles. The molecule has 0 radical (unpaired) electrons. The lowest BCUT2D eigenvalue weighted by atomic mass is 9.82. The second-order valence-corrected chi connectivity index (χ2v) is 23.6. The van der Waals surface area contributed by atoms with Crippen molar-refractivity contribution in [2.75, 3.05) is 66.9 Å². The van der Waals surface area contributed by atoms with E-state index in [0.717, 1.165) is 144 Å². The van der Waals surface area contributed by atoms with Crippen LogP contribution in [0.5, 0.6) is 11.5 Å². The molecule has 88 heavy (non-hydrogen) atoms. The summed E-state index contributed by atoms with van der Waals surface area (Å²) in [7, 11) is 0. The smallest absolute Gasteiger partial charge is 0.248 e. The molecule has 4 amide bonds. The molecule has 1 aromatic heterocycles. The molecule has 3 aliphatic carbocycles. The number of benzene rings is 5. The number of alkyl halides is 1. The number of hydrogen-bond donors (Lipinski definition) is 9. The summed E-state index contributed by atoms with van der Waals surface area (Å²) < 4.78 is 32.1. The standard InChI is InChI=1S/C25H30FN3O5.C22H27N3O2.C21H25N3O3/c26-21-13-29(24(32)14-30)7-6-23(21)34-22-5-4-16(8-18(22)12-27)15-2-1-3-19(9-15)28-25(33)17-10-20(31)11-17;23-13-18-11-17(8-9-21(18)25-10-2-5-20(25)14-26)16-3-1-4-19(12-16)24-22(27)15-6-7-15;22-13-16-11-15(3-4-20(16)27-18-6-9-26-10-7-18)19-12-17(5-8-23-19)24-21(25)14-1-2-14/h1-5,8-9,17,20-21,23,30-31H,6-7,10-14,27H2,(H,28,33);1,3-4,8-9,11-12,15,20,26H,2,5-7,10,13-14,23H2,(H,24,27);3-5,8,11-12,14,18H,1-2,6-7,9-10,13,22H2,(H,23,24,25)/t17?,20?,21-,23+;20-;/m10./s1. The van der Waals surface area contributed by atoms with Crippen molar-refractivity contribution in [3.05, 3.63) is 138 Å². The van der Waals surface area contributed by atoms with E-state index in [1.54, 1.807) is 12.3 Å². The van der Waals surface area contributed by atoms with Gasteiger partial charge in [-0.2, -0.15) is 0 Å². The highest BCUT2D eigenvalue weighted by atomic mass is 19.1. The molecule has 3 saturated carbocycles. The summed E-state index contributed by atoms with van der Waals surface area (Å²) in [5.41, 5.74) is 29.8. The number of nitrogens with one attached hydrogen (secondary N) is 3. The van der Waals surface area contributed by atoms with Crippen molar-refractivity contribution < 1.29 is 53.1 Å². The fraction of sp³-hybridized carbons (Fsp3) is 0.426. The number of piperidine rings is 1. The van der Waals surface area contributed by atoms with Gasteiger partial charge in [0.2, 0.25) is 23.6 Å². The third kappa shape index (κ3) is 16.5. The normalized spacial score (nSPS) is 20.7. The Balaban J connectivity index is 0.000000147. The van der Waals surface area contributed by atoms with Gasteiger partial charge in [0.25, 0.3) is 0 Å². The van der Waals surface area contributed by atoms with Gasteiger partial charge in [0, 0.05) is 115 Å². The van der Waals surface area contributed by atoms with E-state index in [4.69, 9.17) is 36.5 Å². The Bertz CT molecular complexity index is 3390. The van der Waals surface area contributed by atoms with E-state index in [0.29, 0.717) is 50.3 Å². The van der Waals surface area contributed by atoms with Crippen LogP contribution in [-0.2, 0) is 43.5 Å². The molecule has 6 fully saturated rings. The number of nitrogens with two attached hydrogens (primary N) is 3. The van der Waals surface area contributed by atoms with E-state index in [1.165, 1.54) is 4.90 Å². The number of pyridine rings is 1. The average molecular weight is 1200 g/mol. The number of aliphatic hydroxyl groups is 3. The van der Waals surface area contributed by atoms with E-state index < -0.39 is 24.8 Å². The average Bonchev–Trinajstić information content (AvgIpc) is 4.52. The highest BCUT2D eigenvalue weighted by Crippen LogP contribution is 2.37. The number of carbonyl (C=O) groups is 4. The molecule has 3 saturated heterocycles. The van der Waals surface area contributed by atoms with Crippen molar-refractivity contribution >= 4 is 46.4 Å². The van der Waals surface area contributed by atoms with E-state index in [2.05, 4.69) is 50.1 Å². The SMILES string of the molecule is NCc1cc(-c2cc(NC(=O)C3CC3)ccn2)ccc1OC1CCOCC1.NCc1cc(-c2cccc(NC(=O)C3CC(O)C3)c2)ccc1O[C@H]1CCN(C(=O)CO)C[C@H]1F.NCc1cc(-c2cccc(NC(=O)C3CC3)c2)ccc1N1CCC[C@H]1CO. The van der Waals surface area contributed by atoms with Crippen LogP contribution in [-0.4, -0.2) is 125 Å². The van der Waals surface area contributed by atoms with Gasteiger partial charge in [-0.1, -0.05) is 36.4 Å². The zero-order valence-corrected chi connectivity index (χ0v) is 49.7. The molecule has 12 N–H and O–H groups in total. The minimum Gasteiger partial charge on any atom is -0.490 e. The van der Waals surface area contributed by atoms with Gasteiger partial charge in [0.05, 0.1) is 44.2 Å². The van der Waals surface area contributed by atoms with E-state index in [1.807, 2.05) is 84.9 Å². The molecule has 3 atom stereocenters. The Morgan fingerprint density at radius 3 is 1.72 bits per heavy atom. The Labute approximate surface area is 513 Å². The molecule has 466 valence electrons. The molecule has 5 aromatic carbocycles. The van der Waals surface area contributed by atoms with Crippen LogP contribution < -0.4 is 47.5 Å². The highest BCUT2D eigenvalue weighted by Gasteiger charge is 2.35. The Kier molecular flexibility index (Phi) is 21.5. The summed E-state index contributed by atoms with van der Waals surface area (Å²) in [6.07, 6.45) is 8.60. The van der Waals surface area contributed by atoms with Gasteiger partial charge < -0.3 is 72.5 Å². The monoisotopic (exact) mass is 1200 g/mol. The Morgan fingerprint density at radius 1 is 0.602 bits per heavy atom. The predicted molar refractivity (Wildman–Crippen MR) is 337 cm³/mol. The maximum absolute atomic E-state index is 14.6. The fourth-order valence-corrected chi connectivity index (χ4v) is 11.5. The summed E-state index contributed by atoms with van der Waals surface area (Å²) >= 11 is 0. The van der Waals surface area contributed by atoms with Crippen molar-refractivity contribution in [3.8, 4) is 45.0 Å².